The van der Waals surface area contributed by atoms with Crippen LogP contribution in [0.2, 0.25) is 5.02 Å². The predicted octanol–water partition coefficient (Wildman–Crippen LogP) is 6.15. The third-order valence-electron chi connectivity index (χ3n) is 4.19. The summed E-state index contributed by atoms with van der Waals surface area (Å²) in [4.78, 5) is 13.1. The van der Waals surface area contributed by atoms with Crippen molar-refractivity contribution in [3.8, 4) is 22.8 Å². The summed E-state index contributed by atoms with van der Waals surface area (Å²) in [6.07, 6.45) is 6.31. The first kappa shape index (κ1) is 16.5. The lowest BCUT2D eigenvalue weighted by Crippen LogP contribution is -1.84. The Labute approximate surface area is 164 Å². The highest BCUT2D eigenvalue weighted by atomic mass is 35.5. The lowest BCUT2D eigenvalue weighted by molar-refractivity contribution is 0.536. The van der Waals surface area contributed by atoms with E-state index >= 15 is 0 Å². The van der Waals surface area contributed by atoms with Crippen molar-refractivity contribution in [1.82, 2.24) is 9.97 Å². The quantitative estimate of drug-likeness (QED) is 0.344. The largest absolute Gasteiger partial charge is 0.464 e. The van der Waals surface area contributed by atoms with Gasteiger partial charge in [0.1, 0.15) is 12.1 Å². The minimum atomic E-state index is 0.399. The van der Waals surface area contributed by atoms with Crippen LogP contribution in [-0.4, -0.2) is 16.2 Å². The molecule has 5 rings (SSSR count). The van der Waals surface area contributed by atoms with E-state index in [9.17, 15) is 0 Å². The van der Waals surface area contributed by atoms with Crippen LogP contribution < -0.4 is 0 Å². The molecule has 0 radical (unpaired) electrons. The third-order valence-corrected chi connectivity index (χ3v) is 4.44. The van der Waals surface area contributed by atoms with Gasteiger partial charge in [-0.15, -0.1) is 0 Å². The molecule has 0 amide bonds. The van der Waals surface area contributed by atoms with Gasteiger partial charge < -0.3 is 13.3 Å². The van der Waals surface area contributed by atoms with Gasteiger partial charge in [0.05, 0.1) is 23.5 Å². The SMILES string of the molecule is Clc1ccc(C=Nc2ncnc3oc(-c4ccco4)c(-c4ccco4)c23)cc1. The zero-order chi connectivity index (χ0) is 18.9. The lowest BCUT2D eigenvalue weighted by atomic mass is 10.1. The van der Waals surface area contributed by atoms with Crippen molar-refractivity contribution in [1.29, 1.82) is 0 Å². The molecular formula is C21H12ClN3O3. The molecule has 136 valence electrons. The van der Waals surface area contributed by atoms with Gasteiger partial charge in [-0.1, -0.05) is 23.7 Å². The minimum Gasteiger partial charge on any atom is -0.464 e. The molecule has 0 unspecified atom stereocenters. The van der Waals surface area contributed by atoms with E-state index in [2.05, 4.69) is 15.0 Å². The molecule has 0 bridgehead atoms. The Hall–Kier alpha value is -3.64. The molecule has 0 aliphatic rings. The van der Waals surface area contributed by atoms with Gasteiger partial charge in [0, 0.05) is 11.2 Å². The summed E-state index contributed by atoms with van der Waals surface area (Å²) >= 11 is 5.94. The fraction of sp³-hybridized carbons (Fsp3) is 0. The molecule has 0 saturated carbocycles. The number of fused-ring (bicyclic) bond motifs is 1. The van der Waals surface area contributed by atoms with Crippen LogP contribution in [-0.2, 0) is 0 Å². The second kappa shape index (κ2) is 6.83. The zero-order valence-corrected chi connectivity index (χ0v) is 15.1. The Bertz CT molecular complexity index is 1250. The molecule has 0 N–H and O–H groups in total. The van der Waals surface area contributed by atoms with E-state index in [0.29, 0.717) is 44.8 Å². The van der Waals surface area contributed by atoms with Gasteiger partial charge in [0.25, 0.3) is 0 Å². The molecule has 1 aromatic carbocycles. The number of aromatic nitrogens is 2. The average molecular weight is 390 g/mol. The van der Waals surface area contributed by atoms with Crippen LogP contribution in [0, 0.1) is 0 Å². The number of benzene rings is 1. The van der Waals surface area contributed by atoms with Crippen LogP contribution >= 0.6 is 11.6 Å². The van der Waals surface area contributed by atoms with Gasteiger partial charge in [-0.3, -0.25) is 0 Å². The number of hydrogen-bond acceptors (Lipinski definition) is 6. The number of aliphatic imine (C=N–C) groups is 1. The Kier molecular flexibility index (Phi) is 4.03. The van der Waals surface area contributed by atoms with E-state index in [1.165, 1.54) is 6.33 Å². The predicted molar refractivity (Wildman–Crippen MR) is 106 cm³/mol. The zero-order valence-electron chi connectivity index (χ0n) is 14.4. The van der Waals surface area contributed by atoms with E-state index in [-0.39, 0.29) is 0 Å². The summed E-state index contributed by atoms with van der Waals surface area (Å²) in [5.41, 5.74) is 1.99. The van der Waals surface area contributed by atoms with Crippen molar-refractivity contribution in [2.75, 3.05) is 0 Å². The summed E-state index contributed by atoms with van der Waals surface area (Å²) < 4.78 is 17.1. The second-order valence-corrected chi connectivity index (χ2v) is 6.38. The molecule has 0 aliphatic carbocycles. The molecule has 28 heavy (non-hydrogen) atoms. The standard InChI is InChI=1S/C21H12ClN3O3/c22-14-7-5-13(6-8-14)11-23-20-18-17(15-3-1-9-26-15)19(16-4-2-10-27-16)28-21(18)25-12-24-20/h1-12H. The Morgan fingerprint density at radius 3 is 2.36 bits per heavy atom. The second-order valence-electron chi connectivity index (χ2n) is 5.95. The Balaban J connectivity index is 1.71. The topological polar surface area (TPSA) is 77.6 Å². The summed E-state index contributed by atoms with van der Waals surface area (Å²) in [7, 11) is 0. The molecule has 0 spiro atoms. The van der Waals surface area contributed by atoms with Crippen LogP contribution in [0.3, 0.4) is 0 Å². The van der Waals surface area contributed by atoms with Gasteiger partial charge in [-0.05, 0) is 42.0 Å². The van der Waals surface area contributed by atoms with E-state index in [1.807, 2.05) is 24.3 Å². The van der Waals surface area contributed by atoms with Crippen molar-refractivity contribution in [3.05, 3.63) is 78.0 Å². The molecule has 6 nitrogen and oxygen atoms in total. The maximum absolute atomic E-state index is 5.98. The Morgan fingerprint density at radius 1 is 0.893 bits per heavy atom. The maximum atomic E-state index is 5.98. The molecule has 5 aromatic rings. The fourth-order valence-electron chi connectivity index (χ4n) is 2.94. The van der Waals surface area contributed by atoms with E-state index < -0.39 is 0 Å². The van der Waals surface area contributed by atoms with E-state index in [4.69, 9.17) is 24.9 Å². The molecule has 0 atom stereocenters. The number of furan rings is 3. The average Bonchev–Trinajstić information content (AvgIpc) is 3.46. The smallest absolute Gasteiger partial charge is 0.232 e. The first-order valence-electron chi connectivity index (χ1n) is 8.44. The molecule has 4 aromatic heterocycles. The van der Waals surface area contributed by atoms with Gasteiger partial charge in [0.2, 0.25) is 5.71 Å². The van der Waals surface area contributed by atoms with Gasteiger partial charge in [0.15, 0.2) is 17.3 Å². The number of hydrogen-bond donors (Lipinski definition) is 0. The molecule has 0 aliphatic heterocycles. The summed E-state index contributed by atoms with van der Waals surface area (Å²) in [5.74, 6) is 2.16. The van der Waals surface area contributed by atoms with Crippen LogP contribution in [0.5, 0.6) is 0 Å². The Morgan fingerprint density at radius 2 is 1.64 bits per heavy atom. The minimum absolute atomic E-state index is 0.399. The fourth-order valence-corrected chi connectivity index (χ4v) is 3.06. The monoisotopic (exact) mass is 389 g/mol. The van der Waals surface area contributed by atoms with Gasteiger partial charge >= 0.3 is 0 Å². The molecule has 0 saturated heterocycles. The lowest BCUT2D eigenvalue weighted by Gasteiger charge is -1.99. The molecule has 0 fully saturated rings. The first-order chi connectivity index (χ1) is 13.8. The highest BCUT2D eigenvalue weighted by Gasteiger charge is 2.24. The molecule has 4 heterocycles. The molecular weight excluding hydrogens is 378 g/mol. The normalized spacial score (nSPS) is 11.6. The number of rotatable bonds is 4. The van der Waals surface area contributed by atoms with Gasteiger partial charge in [-0.2, -0.15) is 0 Å². The third kappa shape index (κ3) is 2.90. The summed E-state index contributed by atoms with van der Waals surface area (Å²) in [6, 6.07) is 14.6. The van der Waals surface area contributed by atoms with Crippen LogP contribution in [0.15, 0.2) is 85.6 Å². The van der Waals surface area contributed by atoms with Crippen molar-refractivity contribution < 1.29 is 13.3 Å². The highest BCUT2D eigenvalue weighted by molar-refractivity contribution is 6.30. The molecule has 7 heteroatoms. The van der Waals surface area contributed by atoms with Crippen LogP contribution in [0.1, 0.15) is 5.56 Å². The van der Waals surface area contributed by atoms with Crippen molar-refractivity contribution in [2.45, 2.75) is 0 Å². The van der Waals surface area contributed by atoms with Crippen LogP contribution in [0.4, 0.5) is 5.82 Å². The van der Waals surface area contributed by atoms with Crippen molar-refractivity contribution in [2.24, 2.45) is 4.99 Å². The number of nitrogens with zero attached hydrogens (tertiary/aromatic N) is 3. The van der Waals surface area contributed by atoms with E-state index in [1.54, 1.807) is 43.0 Å². The summed E-state index contributed by atoms with van der Waals surface area (Å²) in [6.45, 7) is 0. The van der Waals surface area contributed by atoms with Crippen molar-refractivity contribution in [3.63, 3.8) is 0 Å². The van der Waals surface area contributed by atoms with Gasteiger partial charge in [-0.25, -0.2) is 15.0 Å². The first-order valence-corrected chi connectivity index (χ1v) is 8.82. The number of halogens is 1. The van der Waals surface area contributed by atoms with E-state index in [0.717, 1.165) is 5.56 Å². The highest BCUT2D eigenvalue weighted by Crippen LogP contribution is 2.43. The maximum Gasteiger partial charge on any atom is 0.232 e. The van der Waals surface area contributed by atoms with Crippen molar-refractivity contribution >= 4 is 34.7 Å². The summed E-state index contributed by atoms with van der Waals surface area (Å²) in [5, 5.41) is 1.31. The van der Waals surface area contributed by atoms with Crippen LogP contribution in [0.25, 0.3) is 33.9 Å².